The first-order valence-electron chi connectivity index (χ1n) is 6.05. The molecule has 8 heteroatoms. The van der Waals surface area contributed by atoms with Gasteiger partial charge in [0.2, 0.25) is 0 Å². The lowest BCUT2D eigenvalue weighted by molar-refractivity contribution is -0.385. The Hall–Kier alpha value is -2.77. The van der Waals surface area contributed by atoms with Crippen LogP contribution in [-0.2, 0) is 13.6 Å². The second kappa shape index (κ2) is 5.70. The fourth-order valence-corrected chi connectivity index (χ4v) is 1.88. The Labute approximate surface area is 119 Å². The average Bonchev–Trinajstić information content (AvgIpc) is 2.83. The highest BCUT2D eigenvalue weighted by atomic mass is 19.1. The Kier molecular flexibility index (Phi) is 3.97. The maximum Gasteiger partial charge on any atom is 0.282 e. The third-order valence-corrected chi connectivity index (χ3v) is 3.03. The summed E-state index contributed by atoms with van der Waals surface area (Å²) >= 11 is 0. The summed E-state index contributed by atoms with van der Waals surface area (Å²) in [5, 5.41) is 10.9. The highest BCUT2D eigenvalue weighted by Gasteiger charge is 2.24. The lowest BCUT2D eigenvalue weighted by Gasteiger charge is -2.17. The molecular formula is C13H13FN4O3. The van der Waals surface area contributed by atoms with Crippen LogP contribution in [0.4, 0.5) is 10.1 Å². The number of nitrogens with zero attached hydrogens (tertiary/aromatic N) is 4. The number of rotatable bonds is 4. The van der Waals surface area contributed by atoms with E-state index in [1.165, 1.54) is 11.9 Å². The van der Waals surface area contributed by atoms with Crippen LogP contribution in [0.25, 0.3) is 0 Å². The number of nitro groups is 1. The number of aromatic nitrogens is 2. The number of halogens is 1. The Morgan fingerprint density at radius 2 is 2.24 bits per heavy atom. The van der Waals surface area contributed by atoms with Gasteiger partial charge in [0.25, 0.3) is 11.6 Å². The van der Waals surface area contributed by atoms with Crippen molar-refractivity contribution in [2.75, 3.05) is 7.05 Å². The van der Waals surface area contributed by atoms with Crippen LogP contribution in [0.3, 0.4) is 0 Å². The number of amides is 1. The van der Waals surface area contributed by atoms with E-state index in [1.54, 1.807) is 24.0 Å². The molecule has 1 amide bonds. The maximum atomic E-state index is 13.3. The van der Waals surface area contributed by atoms with Gasteiger partial charge in [0.05, 0.1) is 11.5 Å². The number of nitro benzene ring substituents is 1. The smallest absolute Gasteiger partial charge is 0.282 e. The molecule has 0 spiro atoms. The fraction of sp³-hybridized carbons (Fsp3) is 0.231. The molecule has 0 N–H and O–H groups in total. The molecule has 0 fully saturated rings. The molecule has 0 saturated heterocycles. The molecule has 1 heterocycles. The van der Waals surface area contributed by atoms with Gasteiger partial charge >= 0.3 is 0 Å². The van der Waals surface area contributed by atoms with Crippen molar-refractivity contribution in [3.05, 3.63) is 57.9 Å². The van der Waals surface area contributed by atoms with Gasteiger partial charge in [-0.1, -0.05) is 0 Å². The molecule has 2 aromatic rings. The van der Waals surface area contributed by atoms with E-state index in [-0.39, 0.29) is 12.1 Å². The zero-order valence-electron chi connectivity index (χ0n) is 11.5. The Morgan fingerprint density at radius 3 is 2.81 bits per heavy atom. The number of imidazole rings is 1. The van der Waals surface area contributed by atoms with Crippen LogP contribution < -0.4 is 0 Å². The van der Waals surface area contributed by atoms with Crippen LogP contribution in [0.1, 0.15) is 16.2 Å². The number of carbonyl (C=O) groups excluding carboxylic acids is 1. The van der Waals surface area contributed by atoms with E-state index in [0.29, 0.717) is 5.82 Å². The number of aryl methyl sites for hydroxylation is 1. The van der Waals surface area contributed by atoms with Gasteiger partial charge in [0.15, 0.2) is 0 Å². The van der Waals surface area contributed by atoms with Gasteiger partial charge in [0, 0.05) is 32.6 Å². The minimum absolute atomic E-state index is 0.163. The normalized spacial score (nSPS) is 10.4. The molecule has 0 atom stereocenters. The summed E-state index contributed by atoms with van der Waals surface area (Å²) in [6.07, 6.45) is 3.30. The van der Waals surface area contributed by atoms with Crippen molar-refractivity contribution in [2.45, 2.75) is 6.54 Å². The fourth-order valence-electron chi connectivity index (χ4n) is 1.88. The largest absolute Gasteiger partial charge is 0.337 e. The van der Waals surface area contributed by atoms with Crippen LogP contribution in [0, 0.1) is 15.9 Å². The maximum absolute atomic E-state index is 13.3. The van der Waals surface area contributed by atoms with E-state index in [0.717, 1.165) is 18.2 Å². The number of carbonyl (C=O) groups is 1. The number of hydrogen-bond donors (Lipinski definition) is 0. The molecule has 0 bridgehead atoms. The molecule has 110 valence electrons. The molecule has 0 radical (unpaired) electrons. The molecule has 1 aromatic carbocycles. The summed E-state index contributed by atoms with van der Waals surface area (Å²) in [7, 11) is 3.25. The monoisotopic (exact) mass is 292 g/mol. The summed E-state index contributed by atoms with van der Waals surface area (Å²) < 4.78 is 15.0. The first-order valence-corrected chi connectivity index (χ1v) is 6.05. The van der Waals surface area contributed by atoms with Gasteiger partial charge < -0.3 is 9.47 Å². The van der Waals surface area contributed by atoms with Gasteiger partial charge in [-0.2, -0.15) is 0 Å². The second-order valence-electron chi connectivity index (χ2n) is 4.53. The molecule has 21 heavy (non-hydrogen) atoms. The standard InChI is InChI=1S/C13H13FN4O3/c1-16-6-5-15-12(16)8-17(2)13(19)10-7-9(14)3-4-11(10)18(20)21/h3-7H,8H2,1-2H3. The molecule has 0 aliphatic rings. The van der Waals surface area contributed by atoms with E-state index in [4.69, 9.17) is 0 Å². The highest BCUT2D eigenvalue weighted by molar-refractivity contribution is 5.97. The Bertz CT molecular complexity index is 698. The van der Waals surface area contributed by atoms with Crippen LogP contribution in [0.2, 0.25) is 0 Å². The van der Waals surface area contributed by atoms with Gasteiger partial charge in [-0.05, 0) is 12.1 Å². The van der Waals surface area contributed by atoms with Crippen molar-refractivity contribution in [1.29, 1.82) is 0 Å². The molecular weight excluding hydrogens is 279 g/mol. The van der Waals surface area contributed by atoms with Crippen LogP contribution in [0.15, 0.2) is 30.6 Å². The summed E-state index contributed by atoms with van der Waals surface area (Å²) in [4.78, 5) is 27.8. The van der Waals surface area contributed by atoms with Gasteiger partial charge in [0.1, 0.15) is 17.2 Å². The molecule has 0 aliphatic carbocycles. The van der Waals surface area contributed by atoms with Crippen LogP contribution in [0.5, 0.6) is 0 Å². The predicted octanol–water partition coefficient (Wildman–Crippen LogP) is 1.74. The summed E-state index contributed by atoms with van der Waals surface area (Å²) in [5.74, 6) is -0.719. The minimum atomic E-state index is -0.707. The molecule has 0 unspecified atom stereocenters. The highest BCUT2D eigenvalue weighted by Crippen LogP contribution is 2.21. The van der Waals surface area contributed by atoms with Crippen LogP contribution in [-0.4, -0.2) is 32.3 Å². The zero-order chi connectivity index (χ0) is 15.6. The number of hydrogen-bond acceptors (Lipinski definition) is 4. The summed E-state index contributed by atoms with van der Waals surface area (Å²) in [5.41, 5.74) is -0.704. The minimum Gasteiger partial charge on any atom is -0.337 e. The predicted molar refractivity (Wildman–Crippen MR) is 72.1 cm³/mol. The van der Waals surface area contributed by atoms with E-state index in [2.05, 4.69) is 4.98 Å². The van der Waals surface area contributed by atoms with Crippen molar-refractivity contribution < 1.29 is 14.1 Å². The van der Waals surface area contributed by atoms with Gasteiger partial charge in [-0.15, -0.1) is 0 Å². The second-order valence-corrected chi connectivity index (χ2v) is 4.53. The average molecular weight is 292 g/mol. The quantitative estimate of drug-likeness (QED) is 0.635. The SMILES string of the molecule is CN(Cc1nccn1C)C(=O)c1cc(F)ccc1[N+](=O)[O-]. The third kappa shape index (κ3) is 3.04. The summed E-state index contributed by atoms with van der Waals surface area (Å²) in [6, 6.07) is 2.81. The first-order chi connectivity index (χ1) is 9.90. The third-order valence-electron chi connectivity index (χ3n) is 3.03. The summed E-state index contributed by atoms with van der Waals surface area (Å²) in [6.45, 7) is 0.163. The van der Waals surface area contributed by atoms with Crippen molar-refractivity contribution in [1.82, 2.24) is 14.5 Å². The molecule has 1 aromatic heterocycles. The van der Waals surface area contributed by atoms with E-state index in [1.807, 2.05) is 0 Å². The Morgan fingerprint density at radius 1 is 1.52 bits per heavy atom. The van der Waals surface area contributed by atoms with Crippen molar-refractivity contribution in [2.24, 2.45) is 7.05 Å². The van der Waals surface area contributed by atoms with E-state index >= 15 is 0 Å². The first kappa shape index (κ1) is 14.6. The van der Waals surface area contributed by atoms with E-state index in [9.17, 15) is 19.3 Å². The van der Waals surface area contributed by atoms with Crippen LogP contribution >= 0.6 is 0 Å². The molecule has 0 aliphatic heterocycles. The lowest BCUT2D eigenvalue weighted by atomic mass is 10.1. The van der Waals surface area contributed by atoms with Crippen molar-refractivity contribution in [3.8, 4) is 0 Å². The van der Waals surface area contributed by atoms with Crippen molar-refractivity contribution in [3.63, 3.8) is 0 Å². The van der Waals surface area contributed by atoms with Crippen molar-refractivity contribution >= 4 is 11.6 Å². The van der Waals surface area contributed by atoms with Gasteiger partial charge in [-0.3, -0.25) is 14.9 Å². The molecule has 2 rings (SSSR count). The number of benzene rings is 1. The zero-order valence-corrected chi connectivity index (χ0v) is 11.5. The Balaban J connectivity index is 2.29. The topological polar surface area (TPSA) is 81.3 Å². The van der Waals surface area contributed by atoms with Gasteiger partial charge in [-0.25, -0.2) is 9.37 Å². The van der Waals surface area contributed by atoms with E-state index < -0.39 is 22.3 Å². The molecule has 7 nitrogen and oxygen atoms in total. The molecule has 0 saturated carbocycles. The lowest BCUT2D eigenvalue weighted by Crippen LogP contribution is -2.28.